The summed E-state index contributed by atoms with van der Waals surface area (Å²) >= 11 is 0. The van der Waals surface area contributed by atoms with Crippen LogP contribution < -0.4 is 11.1 Å². The standard InChI is InChI=1S/C14H16F4N2O/c15-12-6-5-10(7-11(12)14(16,17)18)20-13(21)8-1-3-9(19)4-2-8/h5-9H,1-4,19H2,(H,20,21). The lowest BCUT2D eigenvalue weighted by Crippen LogP contribution is -2.32. The maximum atomic E-state index is 13.2. The molecule has 0 atom stereocenters. The Morgan fingerprint density at radius 1 is 1.19 bits per heavy atom. The van der Waals surface area contributed by atoms with E-state index in [-0.39, 0.29) is 23.6 Å². The van der Waals surface area contributed by atoms with Crippen molar-refractivity contribution in [2.45, 2.75) is 37.9 Å². The predicted octanol–water partition coefficient (Wildman–Crippen LogP) is 3.30. The maximum Gasteiger partial charge on any atom is 0.419 e. The molecule has 0 bridgehead atoms. The molecule has 3 N–H and O–H groups in total. The highest BCUT2D eigenvalue weighted by Crippen LogP contribution is 2.33. The normalized spacial score (nSPS) is 22.9. The van der Waals surface area contributed by atoms with Gasteiger partial charge in [0.2, 0.25) is 5.91 Å². The molecule has 3 nitrogen and oxygen atoms in total. The second-order valence-electron chi connectivity index (χ2n) is 5.29. The summed E-state index contributed by atoms with van der Waals surface area (Å²) in [5.41, 5.74) is 4.30. The molecule has 2 rings (SSSR count). The van der Waals surface area contributed by atoms with Crippen LogP contribution in [0, 0.1) is 11.7 Å². The van der Waals surface area contributed by atoms with Gasteiger partial charge < -0.3 is 11.1 Å². The molecule has 0 heterocycles. The van der Waals surface area contributed by atoms with E-state index in [1.165, 1.54) is 0 Å². The van der Waals surface area contributed by atoms with Crippen LogP contribution >= 0.6 is 0 Å². The van der Waals surface area contributed by atoms with Crippen LogP contribution in [0.25, 0.3) is 0 Å². The average molecular weight is 304 g/mol. The van der Waals surface area contributed by atoms with E-state index in [0.717, 1.165) is 18.9 Å². The molecule has 21 heavy (non-hydrogen) atoms. The minimum Gasteiger partial charge on any atom is -0.328 e. The average Bonchev–Trinajstić information content (AvgIpc) is 2.40. The third-order valence-corrected chi connectivity index (χ3v) is 3.68. The first-order chi connectivity index (χ1) is 9.77. The van der Waals surface area contributed by atoms with Crippen LogP contribution in [0.5, 0.6) is 0 Å². The first-order valence-corrected chi connectivity index (χ1v) is 6.70. The second-order valence-corrected chi connectivity index (χ2v) is 5.29. The van der Waals surface area contributed by atoms with Crippen molar-refractivity contribution >= 4 is 11.6 Å². The number of amides is 1. The van der Waals surface area contributed by atoms with Crippen LogP contribution in [-0.2, 0) is 11.0 Å². The van der Waals surface area contributed by atoms with E-state index in [1.807, 2.05) is 0 Å². The molecule has 1 aromatic rings. The van der Waals surface area contributed by atoms with Gasteiger partial charge in [-0.3, -0.25) is 4.79 Å². The topological polar surface area (TPSA) is 55.1 Å². The van der Waals surface area contributed by atoms with Gasteiger partial charge in [0.15, 0.2) is 0 Å². The van der Waals surface area contributed by atoms with E-state index in [9.17, 15) is 22.4 Å². The Balaban J connectivity index is 2.08. The number of rotatable bonds is 2. The third-order valence-electron chi connectivity index (χ3n) is 3.68. The Bertz CT molecular complexity index is 522. The van der Waals surface area contributed by atoms with Crippen molar-refractivity contribution in [3.8, 4) is 0 Å². The fourth-order valence-corrected chi connectivity index (χ4v) is 2.45. The zero-order valence-electron chi connectivity index (χ0n) is 11.2. The molecule has 116 valence electrons. The molecule has 7 heteroatoms. The van der Waals surface area contributed by atoms with Crippen LogP contribution in [-0.4, -0.2) is 11.9 Å². The van der Waals surface area contributed by atoms with Gasteiger partial charge >= 0.3 is 6.18 Å². The van der Waals surface area contributed by atoms with Gasteiger partial charge in [-0.15, -0.1) is 0 Å². The monoisotopic (exact) mass is 304 g/mol. The van der Waals surface area contributed by atoms with E-state index >= 15 is 0 Å². The minimum absolute atomic E-state index is 0.0522. The van der Waals surface area contributed by atoms with Crippen LogP contribution in [0.4, 0.5) is 23.2 Å². The summed E-state index contributed by atoms with van der Waals surface area (Å²) in [6.07, 6.45) is -2.13. The van der Waals surface area contributed by atoms with Gasteiger partial charge in [0.25, 0.3) is 0 Å². The van der Waals surface area contributed by atoms with Crippen LogP contribution in [0.15, 0.2) is 18.2 Å². The van der Waals surface area contributed by atoms with Gasteiger partial charge in [-0.1, -0.05) is 0 Å². The van der Waals surface area contributed by atoms with E-state index in [2.05, 4.69) is 5.32 Å². The predicted molar refractivity (Wildman–Crippen MR) is 70.0 cm³/mol. The fourth-order valence-electron chi connectivity index (χ4n) is 2.45. The highest BCUT2D eigenvalue weighted by molar-refractivity contribution is 5.92. The number of hydrogen-bond acceptors (Lipinski definition) is 2. The van der Waals surface area contributed by atoms with Crippen molar-refractivity contribution in [2.75, 3.05) is 5.32 Å². The van der Waals surface area contributed by atoms with E-state index < -0.39 is 17.6 Å². The smallest absolute Gasteiger partial charge is 0.328 e. The van der Waals surface area contributed by atoms with Crippen LogP contribution in [0.3, 0.4) is 0 Å². The molecular formula is C14H16F4N2O. The number of carbonyl (C=O) groups excluding carboxylic acids is 1. The van der Waals surface area contributed by atoms with Crippen LogP contribution in [0.2, 0.25) is 0 Å². The van der Waals surface area contributed by atoms with Crippen molar-refractivity contribution in [1.29, 1.82) is 0 Å². The first kappa shape index (κ1) is 15.8. The van der Waals surface area contributed by atoms with Crippen LogP contribution in [0.1, 0.15) is 31.2 Å². The van der Waals surface area contributed by atoms with Gasteiger partial charge in [-0.25, -0.2) is 4.39 Å². The molecule has 0 radical (unpaired) electrons. The lowest BCUT2D eigenvalue weighted by molar-refractivity contribution is -0.140. The summed E-state index contributed by atoms with van der Waals surface area (Å²) in [6, 6.07) is 2.52. The third kappa shape index (κ3) is 3.93. The number of hydrogen-bond donors (Lipinski definition) is 2. The summed E-state index contributed by atoms with van der Waals surface area (Å²) in [5.74, 6) is -1.96. The summed E-state index contributed by atoms with van der Waals surface area (Å²) < 4.78 is 50.9. The Morgan fingerprint density at radius 2 is 1.81 bits per heavy atom. The second kappa shape index (κ2) is 6.01. The van der Waals surface area contributed by atoms with Crippen molar-refractivity contribution in [2.24, 2.45) is 11.7 Å². The van der Waals surface area contributed by atoms with Crippen molar-refractivity contribution in [3.05, 3.63) is 29.6 Å². The van der Waals surface area contributed by atoms with Crippen molar-refractivity contribution in [1.82, 2.24) is 0 Å². The summed E-state index contributed by atoms with van der Waals surface area (Å²) in [6.45, 7) is 0. The molecule has 1 aliphatic carbocycles. The number of anilines is 1. The largest absolute Gasteiger partial charge is 0.419 e. The number of nitrogens with one attached hydrogen (secondary N) is 1. The highest BCUT2D eigenvalue weighted by Gasteiger charge is 2.34. The molecule has 0 aliphatic heterocycles. The van der Waals surface area contributed by atoms with E-state index in [1.54, 1.807) is 0 Å². The summed E-state index contributed by atoms with van der Waals surface area (Å²) in [7, 11) is 0. The molecule has 0 spiro atoms. The summed E-state index contributed by atoms with van der Waals surface area (Å²) in [5, 5.41) is 2.42. The fraction of sp³-hybridized carbons (Fsp3) is 0.500. The SMILES string of the molecule is NC1CCC(C(=O)Nc2ccc(F)c(C(F)(F)F)c2)CC1. The number of nitrogens with two attached hydrogens (primary N) is 1. The van der Waals surface area contributed by atoms with Crippen molar-refractivity contribution < 1.29 is 22.4 Å². The molecule has 1 aromatic carbocycles. The highest BCUT2D eigenvalue weighted by atomic mass is 19.4. The number of halogens is 4. The number of benzene rings is 1. The Morgan fingerprint density at radius 3 is 2.38 bits per heavy atom. The molecule has 1 aliphatic rings. The molecule has 1 amide bonds. The molecule has 1 fully saturated rings. The maximum absolute atomic E-state index is 13.2. The van der Waals surface area contributed by atoms with Gasteiger partial charge in [0, 0.05) is 17.6 Å². The Kier molecular flexibility index (Phi) is 4.51. The van der Waals surface area contributed by atoms with Crippen molar-refractivity contribution in [3.63, 3.8) is 0 Å². The summed E-state index contributed by atoms with van der Waals surface area (Å²) in [4.78, 5) is 12.0. The zero-order valence-corrected chi connectivity index (χ0v) is 11.2. The molecule has 0 aromatic heterocycles. The molecular weight excluding hydrogens is 288 g/mol. The first-order valence-electron chi connectivity index (χ1n) is 6.70. The Hall–Kier alpha value is -1.63. The quantitative estimate of drug-likeness (QED) is 0.824. The number of alkyl halides is 3. The lowest BCUT2D eigenvalue weighted by atomic mass is 9.86. The Labute approximate surface area is 119 Å². The van der Waals surface area contributed by atoms with E-state index in [4.69, 9.17) is 5.73 Å². The minimum atomic E-state index is -4.79. The molecule has 0 unspecified atom stereocenters. The van der Waals surface area contributed by atoms with E-state index in [0.29, 0.717) is 25.0 Å². The molecule has 0 saturated heterocycles. The molecule has 1 saturated carbocycles. The van der Waals surface area contributed by atoms with Gasteiger partial charge in [-0.2, -0.15) is 13.2 Å². The zero-order chi connectivity index (χ0) is 15.6. The van der Waals surface area contributed by atoms with Gasteiger partial charge in [-0.05, 0) is 43.9 Å². The number of carbonyl (C=O) groups is 1. The van der Waals surface area contributed by atoms with Gasteiger partial charge in [0.05, 0.1) is 5.56 Å². The van der Waals surface area contributed by atoms with Gasteiger partial charge in [0.1, 0.15) is 5.82 Å². The lowest BCUT2D eigenvalue weighted by Gasteiger charge is -2.25.